The number of para-hydroxylation sites is 2. The highest BCUT2D eigenvalue weighted by atomic mass is 19.1. The van der Waals surface area contributed by atoms with Crippen molar-refractivity contribution in [3.63, 3.8) is 0 Å². The average Bonchev–Trinajstić information content (AvgIpc) is 3.81. The van der Waals surface area contributed by atoms with Crippen LogP contribution < -0.4 is 0 Å². The number of furan rings is 1. The summed E-state index contributed by atoms with van der Waals surface area (Å²) >= 11 is 0. The molecule has 7 aromatic carbocycles. The summed E-state index contributed by atoms with van der Waals surface area (Å²) in [7, 11) is 1.99. The second-order valence-corrected chi connectivity index (χ2v) is 14.6. The van der Waals surface area contributed by atoms with E-state index in [1.807, 2.05) is 66.2 Å². The van der Waals surface area contributed by atoms with Crippen molar-refractivity contribution in [2.75, 3.05) is 0 Å². The van der Waals surface area contributed by atoms with Gasteiger partial charge in [-0.05, 0) is 94.0 Å². The maximum atomic E-state index is 13.8. The number of nitrogens with zero attached hydrogens (tertiary/aromatic N) is 3. The molecule has 0 aliphatic carbocycles. The first-order valence-electron chi connectivity index (χ1n) is 19.0. The highest BCUT2D eigenvalue weighted by Gasteiger charge is 2.22. The molecule has 0 bridgehead atoms. The zero-order valence-electron chi connectivity index (χ0n) is 31.3. The quantitative estimate of drug-likeness (QED) is 0.177. The molecule has 0 spiro atoms. The molecule has 0 radical (unpaired) electrons. The topological polar surface area (TPSA) is 64.1 Å². The number of aromatic hydroxyl groups is 1. The van der Waals surface area contributed by atoms with E-state index in [1.54, 1.807) is 24.4 Å². The van der Waals surface area contributed by atoms with Crippen molar-refractivity contribution >= 4 is 33.0 Å². The SMILES string of the molecule is CC(c1ccccc1)c1cccc(-c2ccc(O)c(-c3nc4c(-c5cc(-c6cc(-c7ccc(F)cc7)ccn6)cc6c5oc5ccccc56)cccc4n3C)c2)c1. The van der Waals surface area contributed by atoms with Crippen molar-refractivity contribution in [2.24, 2.45) is 7.05 Å². The Labute approximate surface area is 329 Å². The van der Waals surface area contributed by atoms with Gasteiger partial charge in [0.1, 0.15) is 28.6 Å². The van der Waals surface area contributed by atoms with Crippen molar-refractivity contribution in [1.82, 2.24) is 14.5 Å². The molecule has 1 N–H and O–H groups in total. The van der Waals surface area contributed by atoms with Gasteiger partial charge in [0.2, 0.25) is 0 Å². The van der Waals surface area contributed by atoms with Crippen molar-refractivity contribution in [1.29, 1.82) is 0 Å². The fraction of sp³-hybridized carbons (Fsp3) is 0.0588. The van der Waals surface area contributed by atoms with Crippen molar-refractivity contribution < 1.29 is 13.9 Å². The normalized spacial score (nSPS) is 12.1. The summed E-state index contributed by atoms with van der Waals surface area (Å²) in [5, 5.41) is 13.3. The van der Waals surface area contributed by atoms with Gasteiger partial charge in [0, 0.05) is 46.6 Å². The molecule has 0 saturated heterocycles. The highest BCUT2D eigenvalue weighted by Crippen LogP contribution is 2.43. The first-order chi connectivity index (χ1) is 27.9. The van der Waals surface area contributed by atoms with Crippen LogP contribution in [0.2, 0.25) is 0 Å². The van der Waals surface area contributed by atoms with Crippen LogP contribution in [0.5, 0.6) is 5.75 Å². The van der Waals surface area contributed by atoms with E-state index in [4.69, 9.17) is 14.4 Å². The third-order valence-electron chi connectivity index (χ3n) is 11.2. The molecule has 10 rings (SSSR count). The molecule has 0 fully saturated rings. The van der Waals surface area contributed by atoms with Crippen molar-refractivity contribution in [3.05, 3.63) is 187 Å². The zero-order chi connectivity index (χ0) is 38.6. The fourth-order valence-corrected chi connectivity index (χ4v) is 8.07. The van der Waals surface area contributed by atoms with Gasteiger partial charge in [-0.25, -0.2) is 9.37 Å². The molecule has 57 heavy (non-hydrogen) atoms. The van der Waals surface area contributed by atoms with Crippen LogP contribution in [0.4, 0.5) is 4.39 Å². The van der Waals surface area contributed by atoms with E-state index < -0.39 is 0 Å². The van der Waals surface area contributed by atoms with Crippen LogP contribution in [0.25, 0.3) is 89.0 Å². The van der Waals surface area contributed by atoms with Crippen LogP contribution in [0.1, 0.15) is 24.0 Å². The molecule has 1 atom stereocenters. The van der Waals surface area contributed by atoms with E-state index in [-0.39, 0.29) is 17.5 Å². The predicted molar refractivity (Wildman–Crippen MR) is 229 cm³/mol. The molecule has 1 unspecified atom stereocenters. The summed E-state index contributed by atoms with van der Waals surface area (Å²) in [6.07, 6.45) is 1.79. The molecule has 3 heterocycles. The van der Waals surface area contributed by atoms with Gasteiger partial charge < -0.3 is 14.1 Å². The monoisotopic (exact) mass is 741 g/mol. The standard InChI is InChI=1S/C51H36FN3O2/c1-31(32-10-4-3-5-11-32)34-12-8-13-35(26-34)36-20-23-47(56)44(27-36)51-54-49-41(15-9-16-46(49)55(51)2)43-29-38(28-42-40-14-6-7-17-48(40)57-50(42)43)45-30-37(24-25-53-45)33-18-21-39(52)22-19-33/h3-31,56H,1-2H3. The third kappa shape index (κ3) is 6.03. The number of rotatable bonds is 7. The Morgan fingerprint density at radius 3 is 2.18 bits per heavy atom. The summed E-state index contributed by atoms with van der Waals surface area (Å²) < 4.78 is 22.4. The molecule has 0 aliphatic heterocycles. The van der Waals surface area contributed by atoms with Crippen molar-refractivity contribution in [3.8, 4) is 61.8 Å². The number of aromatic nitrogens is 3. The molecule has 5 nitrogen and oxygen atoms in total. The summed E-state index contributed by atoms with van der Waals surface area (Å²) in [5.41, 5.74) is 13.7. The second-order valence-electron chi connectivity index (χ2n) is 14.6. The Morgan fingerprint density at radius 1 is 0.596 bits per heavy atom. The molecule has 274 valence electrons. The van der Waals surface area contributed by atoms with Crippen LogP contribution in [0.15, 0.2) is 174 Å². The minimum absolute atomic E-state index is 0.154. The van der Waals surface area contributed by atoms with Gasteiger partial charge in [0.25, 0.3) is 0 Å². The maximum absolute atomic E-state index is 13.8. The number of phenols is 1. The van der Waals surface area contributed by atoms with Gasteiger partial charge in [-0.15, -0.1) is 0 Å². The number of imidazole rings is 1. The van der Waals surface area contributed by atoms with E-state index in [0.29, 0.717) is 11.4 Å². The average molecular weight is 742 g/mol. The van der Waals surface area contributed by atoms with Crippen LogP contribution in [-0.4, -0.2) is 19.6 Å². The Balaban J connectivity index is 1.11. The number of phenolic OH excluding ortho intramolecular Hbond substituents is 1. The lowest BCUT2D eigenvalue weighted by Crippen LogP contribution is -1.96. The van der Waals surface area contributed by atoms with Crippen LogP contribution in [-0.2, 0) is 7.05 Å². The van der Waals surface area contributed by atoms with Gasteiger partial charge in [0.05, 0.1) is 22.3 Å². The predicted octanol–water partition coefficient (Wildman–Crippen LogP) is 13.2. The minimum Gasteiger partial charge on any atom is -0.507 e. The van der Waals surface area contributed by atoms with Gasteiger partial charge in [-0.2, -0.15) is 0 Å². The lowest BCUT2D eigenvalue weighted by Gasteiger charge is -2.14. The molecule has 0 aliphatic rings. The number of halogens is 1. The summed E-state index contributed by atoms with van der Waals surface area (Å²) in [6.45, 7) is 2.23. The van der Waals surface area contributed by atoms with Crippen LogP contribution in [0, 0.1) is 5.82 Å². The Kier molecular flexibility index (Phi) is 8.26. The largest absolute Gasteiger partial charge is 0.507 e. The molecule has 6 heteroatoms. The number of aryl methyl sites for hydroxylation is 1. The zero-order valence-corrected chi connectivity index (χ0v) is 31.3. The van der Waals surface area contributed by atoms with E-state index >= 15 is 0 Å². The molecule has 0 saturated carbocycles. The number of pyridine rings is 1. The fourth-order valence-electron chi connectivity index (χ4n) is 8.07. The number of hydrogen-bond donors (Lipinski definition) is 1. The number of benzene rings is 7. The molecular formula is C51H36FN3O2. The molecule has 3 aromatic heterocycles. The summed E-state index contributed by atoms with van der Waals surface area (Å²) in [4.78, 5) is 10.1. The van der Waals surface area contributed by atoms with E-state index in [9.17, 15) is 9.50 Å². The number of hydrogen-bond acceptors (Lipinski definition) is 4. The molecule has 10 aromatic rings. The van der Waals surface area contributed by atoms with E-state index in [0.717, 1.165) is 77.6 Å². The smallest absolute Gasteiger partial charge is 0.144 e. The van der Waals surface area contributed by atoms with E-state index in [1.165, 1.54) is 23.3 Å². The molecule has 0 amide bonds. The first kappa shape index (κ1) is 34.2. The van der Waals surface area contributed by atoms with Gasteiger partial charge in [-0.1, -0.05) is 110 Å². The summed E-state index contributed by atoms with van der Waals surface area (Å²) in [6, 6.07) is 53.8. The van der Waals surface area contributed by atoms with Crippen molar-refractivity contribution in [2.45, 2.75) is 12.8 Å². The van der Waals surface area contributed by atoms with E-state index in [2.05, 4.69) is 85.8 Å². The van der Waals surface area contributed by atoms with Crippen LogP contribution in [0.3, 0.4) is 0 Å². The second kappa shape index (κ2) is 13.8. The maximum Gasteiger partial charge on any atom is 0.144 e. The lowest BCUT2D eigenvalue weighted by molar-refractivity contribution is 0.476. The van der Waals surface area contributed by atoms with Crippen LogP contribution >= 0.6 is 0 Å². The van der Waals surface area contributed by atoms with Gasteiger partial charge in [-0.3, -0.25) is 4.98 Å². The lowest BCUT2D eigenvalue weighted by atomic mass is 9.90. The van der Waals surface area contributed by atoms with Gasteiger partial charge in [0.15, 0.2) is 0 Å². The Hall–Kier alpha value is -7.31. The summed E-state index contributed by atoms with van der Waals surface area (Å²) in [5.74, 6) is 0.758. The minimum atomic E-state index is -0.274. The third-order valence-corrected chi connectivity index (χ3v) is 11.2. The highest BCUT2D eigenvalue weighted by molar-refractivity contribution is 6.13. The van der Waals surface area contributed by atoms with Gasteiger partial charge >= 0.3 is 0 Å². The first-order valence-corrected chi connectivity index (χ1v) is 19.0. The number of fused-ring (bicyclic) bond motifs is 4. The molecular weight excluding hydrogens is 706 g/mol. The Bertz CT molecular complexity index is 3130. The Morgan fingerprint density at radius 2 is 1.32 bits per heavy atom.